The van der Waals surface area contributed by atoms with Crippen LogP contribution in [0, 0.1) is 5.92 Å². The molecule has 0 aliphatic heterocycles. The molecule has 0 heterocycles. The van der Waals surface area contributed by atoms with Gasteiger partial charge in [-0.1, -0.05) is 44.2 Å². The smallest absolute Gasteiger partial charge is 0.237 e. The van der Waals surface area contributed by atoms with E-state index in [-0.39, 0.29) is 5.91 Å². The minimum Gasteiger partial charge on any atom is -0.345 e. The molecule has 0 spiro atoms. The molecule has 4 nitrogen and oxygen atoms in total. The lowest BCUT2D eigenvalue weighted by molar-refractivity contribution is -0.125. The highest BCUT2D eigenvalue weighted by atomic mass is 16.2. The molecule has 1 rings (SSSR count). The second kappa shape index (κ2) is 7.69. The molecule has 104 valence electrons. The average Bonchev–Trinajstić information content (AvgIpc) is 2.44. The summed E-state index contributed by atoms with van der Waals surface area (Å²) in [6.45, 7) is 3.99. The van der Waals surface area contributed by atoms with Gasteiger partial charge < -0.3 is 15.8 Å². The summed E-state index contributed by atoms with van der Waals surface area (Å²) in [5.74, 6) is 0.00337. The van der Waals surface area contributed by atoms with E-state index in [9.17, 15) is 9.59 Å². The summed E-state index contributed by atoms with van der Waals surface area (Å²) < 4.78 is 7.28. The number of amides is 1. The lowest BCUT2D eigenvalue weighted by atomic mass is 10.0. The van der Waals surface area contributed by atoms with Gasteiger partial charge in [-0.15, -0.1) is 0 Å². The maximum Gasteiger partial charge on any atom is 0.237 e. The van der Waals surface area contributed by atoms with Gasteiger partial charge >= 0.3 is 0 Å². The molecule has 0 unspecified atom stereocenters. The van der Waals surface area contributed by atoms with Gasteiger partial charge in [0.15, 0.2) is 0 Å². The maximum atomic E-state index is 12.1. The first-order valence-corrected chi connectivity index (χ1v) is 6.53. The lowest BCUT2D eigenvalue weighted by Crippen LogP contribution is -2.47. The summed E-state index contributed by atoms with van der Waals surface area (Å²) in [6, 6.07) is 8.34. The predicted octanol–water partition coefficient (Wildman–Crippen LogP) is 1.29. The molecule has 0 aromatic heterocycles. The van der Waals surface area contributed by atoms with Crippen molar-refractivity contribution >= 4 is 12.2 Å². The van der Waals surface area contributed by atoms with Crippen molar-refractivity contribution in [3.8, 4) is 0 Å². The van der Waals surface area contributed by atoms with E-state index >= 15 is 0 Å². The number of rotatable bonds is 8. The van der Waals surface area contributed by atoms with Crippen LogP contribution in [0.4, 0.5) is 0 Å². The number of benzene rings is 1. The van der Waals surface area contributed by atoms with E-state index in [0.717, 1.165) is 11.8 Å². The Morgan fingerprint density at radius 2 is 2.11 bits per heavy atom. The quantitative estimate of drug-likeness (QED) is 0.694. The largest absolute Gasteiger partial charge is 0.345 e. The fourth-order valence-corrected chi connectivity index (χ4v) is 1.88. The maximum absolute atomic E-state index is 12.1. The molecule has 19 heavy (non-hydrogen) atoms. The Kier molecular flexibility index (Phi) is 5.56. The molecule has 0 radical (unpaired) electrons. The van der Waals surface area contributed by atoms with Crippen LogP contribution in [-0.2, 0) is 16.0 Å². The standard InChI is InChI=1S/C15H22N2O2/c1-11(2)8-13(10-18)17-15(19)14(16)9-12-6-4-3-5-7-12/h3-7,10-11,13-14H,8-9,16H2,1-2H3,(H,17,19)/t13-,14-/m0/s1/i/hD. The van der Waals surface area contributed by atoms with Gasteiger partial charge in [-0.25, -0.2) is 0 Å². The normalized spacial score (nSPS) is 14.6. The number of nitrogens with two attached hydrogens (primary N) is 1. The van der Waals surface area contributed by atoms with Gasteiger partial charge in [-0.3, -0.25) is 4.79 Å². The van der Waals surface area contributed by atoms with E-state index in [1.807, 2.05) is 44.2 Å². The van der Waals surface area contributed by atoms with Gasteiger partial charge in [0, 0.05) is 0 Å². The molecule has 0 bridgehead atoms. The highest BCUT2D eigenvalue weighted by Gasteiger charge is 2.18. The number of nitrogens with one attached hydrogen (secondary N) is 1. The van der Waals surface area contributed by atoms with Crippen LogP contribution >= 0.6 is 0 Å². The van der Waals surface area contributed by atoms with E-state index in [2.05, 4.69) is 11.0 Å². The fourth-order valence-electron chi connectivity index (χ4n) is 1.88. The first kappa shape index (κ1) is 13.7. The second-order valence-corrected chi connectivity index (χ2v) is 5.12. The molecule has 3 N–H and O–H groups in total. The van der Waals surface area contributed by atoms with Crippen molar-refractivity contribution in [2.75, 3.05) is 0 Å². The van der Waals surface area contributed by atoms with Crippen LogP contribution in [0.3, 0.4) is 0 Å². The average molecular weight is 263 g/mol. The van der Waals surface area contributed by atoms with Gasteiger partial charge in [-0.2, -0.15) is 0 Å². The van der Waals surface area contributed by atoms with Gasteiger partial charge in [0.2, 0.25) is 5.91 Å². The fraction of sp³-hybridized carbons (Fsp3) is 0.467. The Bertz CT molecular complexity index is 423. The molecule has 1 amide bonds. The van der Waals surface area contributed by atoms with Crippen LogP contribution in [0.15, 0.2) is 30.3 Å². The first-order valence-electron chi connectivity index (χ1n) is 7.03. The minimum absolute atomic E-state index is 0.318. The molecule has 0 saturated carbocycles. The summed E-state index contributed by atoms with van der Waals surface area (Å²) in [4.78, 5) is 23.0. The Hall–Kier alpha value is -1.68. The number of hydrogen-bond acceptors (Lipinski definition) is 3. The van der Waals surface area contributed by atoms with Crippen LogP contribution in [0.2, 0.25) is 1.41 Å². The zero-order valence-electron chi connectivity index (χ0n) is 12.4. The van der Waals surface area contributed by atoms with Gasteiger partial charge in [0.1, 0.15) is 7.70 Å². The highest BCUT2D eigenvalue weighted by Crippen LogP contribution is 2.05. The third-order valence-corrected chi connectivity index (χ3v) is 2.82. The molecule has 0 aliphatic rings. The van der Waals surface area contributed by atoms with E-state index in [1.165, 1.54) is 0 Å². The monoisotopic (exact) mass is 263 g/mol. The van der Waals surface area contributed by atoms with Crippen molar-refractivity contribution in [3.63, 3.8) is 0 Å². The van der Waals surface area contributed by atoms with Gasteiger partial charge in [0.25, 0.3) is 0 Å². The summed E-state index contributed by atoms with van der Waals surface area (Å²) in [6.07, 6.45) is 1.77. The summed E-state index contributed by atoms with van der Waals surface area (Å²) >= 11 is 0. The van der Waals surface area contributed by atoms with Crippen molar-refractivity contribution in [1.82, 2.24) is 5.32 Å². The van der Waals surface area contributed by atoms with Crippen molar-refractivity contribution in [1.29, 1.82) is 0 Å². The van der Waals surface area contributed by atoms with Crippen LogP contribution in [0.5, 0.6) is 0 Å². The molecule has 2 atom stereocenters. The second-order valence-electron chi connectivity index (χ2n) is 5.12. The summed E-state index contributed by atoms with van der Waals surface area (Å²) in [5, 5.41) is 2.68. The number of aldehydes is 1. The molecule has 0 aliphatic carbocycles. The SMILES string of the molecule is [2H]N[C@@H](Cc1ccccc1)C(=O)N[C@H](C=O)CC(C)C. The van der Waals surface area contributed by atoms with Gasteiger partial charge in [-0.05, 0) is 24.3 Å². The molecule has 0 saturated heterocycles. The van der Waals surface area contributed by atoms with Crippen molar-refractivity contribution in [2.45, 2.75) is 38.8 Å². The summed E-state index contributed by atoms with van der Waals surface area (Å²) in [5.41, 5.74) is 3.23. The molecule has 1 aromatic rings. The Balaban J connectivity index is 2.60. The third kappa shape index (κ3) is 5.66. The number of carbonyl (C=O) groups excluding carboxylic acids is 2. The minimum atomic E-state index is -0.660. The third-order valence-electron chi connectivity index (χ3n) is 2.82. The Labute approximate surface area is 115 Å². The predicted molar refractivity (Wildman–Crippen MR) is 75.6 cm³/mol. The van der Waals surface area contributed by atoms with Crippen LogP contribution in [0.25, 0.3) is 0 Å². The van der Waals surface area contributed by atoms with E-state index in [1.54, 1.807) is 0 Å². The lowest BCUT2D eigenvalue weighted by Gasteiger charge is -2.18. The summed E-state index contributed by atoms with van der Waals surface area (Å²) in [7, 11) is 0. The molecule has 0 fully saturated rings. The van der Waals surface area contributed by atoms with E-state index in [0.29, 0.717) is 18.8 Å². The molecule has 4 heteroatoms. The molecular formula is C15H22N2O2. The van der Waals surface area contributed by atoms with Crippen LogP contribution in [0.1, 0.15) is 25.8 Å². The van der Waals surface area contributed by atoms with Crippen molar-refractivity contribution in [3.05, 3.63) is 35.9 Å². The zero-order valence-corrected chi connectivity index (χ0v) is 11.4. The highest BCUT2D eigenvalue weighted by molar-refractivity contribution is 5.84. The number of carbonyl (C=O) groups is 2. The Morgan fingerprint density at radius 3 is 2.63 bits per heavy atom. The van der Waals surface area contributed by atoms with E-state index in [4.69, 9.17) is 1.41 Å². The van der Waals surface area contributed by atoms with Crippen LogP contribution < -0.4 is 11.0 Å². The first-order chi connectivity index (χ1) is 9.56. The number of hydrogen-bond donors (Lipinski definition) is 2. The Morgan fingerprint density at radius 1 is 1.42 bits per heavy atom. The topological polar surface area (TPSA) is 72.2 Å². The van der Waals surface area contributed by atoms with Crippen LogP contribution in [-0.4, -0.2) is 24.3 Å². The zero-order chi connectivity index (χ0) is 15.0. The van der Waals surface area contributed by atoms with Gasteiger partial charge in [0.05, 0.1) is 12.1 Å². The van der Waals surface area contributed by atoms with Crippen molar-refractivity contribution < 1.29 is 11.0 Å². The van der Waals surface area contributed by atoms with E-state index < -0.39 is 12.1 Å². The van der Waals surface area contributed by atoms with Crippen molar-refractivity contribution in [2.24, 2.45) is 11.6 Å². The molecule has 1 aromatic carbocycles. The molecular weight excluding hydrogens is 240 g/mol.